The second kappa shape index (κ2) is 7.86. The van der Waals surface area contributed by atoms with Gasteiger partial charge in [-0.05, 0) is 53.8 Å². The Hall–Kier alpha value is -3.27. The molecule has 2 aromatic carbocycles. The predicted octanol–water partition coefficient (Wildman–Crippen LogP) is 5.58. The molecule has 150 valence electrons. The fraction of sp³-hybridized carbons (Fsp3) is 0.231. The summed E-state index contributed by atoms with van der Waals surface area (Å²) in [6.45, 7) is 0.713. The lowest BCUT2D eigenvalue weighted by Crippen LogP contribution is -2.48. The van der Waals surface area contributed by atoms with E-state index >= 15 is 0 Å². The van der Waals surface area contributed by atoms with Crippen LogP contribution in [0.25, 0.3) is 17.2 Å². The van der Waals surface area contributed by atoms with Crippen LogP contribution in [0.1, 0.15) is 42.0 Å². The van der Waals surface area contributed by atoms with Gasteiger partial charge in [0.25, 0.3) is 0 Å². The summed E-state index contributed by atoms with van der Waals surface area (Å²) in [5.74, 6) is 0.180. The zero-order valence-electron chi connectivity index (χ0n) is 16.7. The molecule has 2 atom stereocenters. The maximum absolute atomic E-state index is 13.5. The molecular weight excluding hydrogens is 375 g/mol. The molecule has 0 radical (unpaired) electrons. The topological polar surface area (TPSA) is 33.2 Å². The number of nitrogens with zero attached hydrogens (tertiary/aromatic N) is 2. The quantitative estimate of drug-likeness (QED) is 0.577. The highest BCUT2D eigenvalue weighted by atomic mass is 19.1. The summed E-state index contributed by atoms with van der Waals surface area (Å²) in [5.41, 5.74) is 5.09. The van der Waals surface area contributed by atoms with Gasteiger partial charge in [-0.25, -0.2) is 4.39 Å². The Balaban J connectivity index is 1.43. The molecule has 0 saturated carbocycles. The first-order chi connectivity index (χ1) is 14.7. The van der Waals surface area contributed by atoms with Gasteiger partial charge in [-0.3, -0.25) is 9.78 Å². The van der Waals surface area contributed by atoms with Crippen LogP contribution in [0.5, 0.6) is 0 Å². The number of piperidine rings is 1. The van der Waals surface area contributed by atoms with Gasteiger partial charge >= 0.3 is 0 Å². The first-order valence-electron chi connectivity index (χ1n) is 10.5. The van der Waals surface area contributed by atoms with Crippen LogP contribution in [-0.4, -0.2) is 21.8 Å². The molecule has 1 fully saturated rings. The van der Waals surface area contributed by atoms with Crippen LogP contribution in [0.2, 0.25) is 0 Å². The highest BCUT2D eigenvalue weighted by Crippen LogP contribution is 2.39. The van der Waals surface area contributed by atoms with Crippen LogP contribution in [0.15, 0.2) is 72.9 Å². The summed E-state index contributed by atoms with van der Waals surface area (Å²) in [7, 11) is 0. The third-order valence-corrected chi connectivity index (χ3v) is 6.20. The highest BCUT2D eigenvalue weighted by molar-refractivity contribution is 5.78. The van der Waals surface area contributed by atoms with E-state index in [0.717, 1.165) is 29.7 Å². The van der Waals surface area contributed by atoms with Gasteiger partial charge in [-0.2, -0.15) is 0 Å². The second-order valence-corrected chi connectivity index (χ2v) is 8.05. The van der Waals surface area contributed by atoms with Gasteiger partial charge < -0.3 is 4.90 Å². The van der Waals surface area contributed by atoms with Crippen LogP contribution in [0.4, 0.5) is 4.39 Å². The number of pyridine rings is 1. The lowest BCUT2D eigenvalue weighted by atomic mass is 9.79. The fourth-order valence-electron chi connectivity index (χ4n) is 4.70. The number of amides is 1. The van der Waals surface area contributed by atoms with E-state index in [1.54, 1.807) is 12.3 Å². The number of benzene rings is 2. The predicted molar refractivity (Wildman–Crippen MR) is 116 cm³/mol. The van der Waals surface area contributed by atoms with Crippen molar-refractivity contribution >= 4 is 12.0 Å². The van der Waals surface area contributed by atoms with Gasteiger partial charge in [-0.15, -0.1) is 0 Å². The molecule has 1 amide bonds. The Morgan fingerprint density at radius 3 is 2.77 bits per heavy atom. The van der Waals surface area contributed by atoms with Crippen molar-refractivity contribution in [3.05, 3.63) is 95.6 Å². The monoisotopic (exact) mass is 398 g/mol. The number of carbonyl (C=O) groups excluding carboxylic acids is 1. The fourth-order valence-corrected chi connectivity index (χ4v) is 4.70. The minimum atomic E-state index is -0.251. The van der Waals surface area contributed by atoms with Crippen LogP contribution < -0.4 is 0 Å². The summed E-state index contributed by atoms with van der Waals surface area (Å²) < 4.78 is 13.5. The lowest BCUT2D eigenvalue weighted by Gasteiger charge is -2.44. The van der Waals surface area contributed by atoms with Crippen LogP contribution in [-0.2, 0) is 11.3 Å². The second-order valence-electron chi connectivity index (χ2n) is 8.05. The largest absolute Gasteiger partial charge is 0.334 e. The molecule has 4 heteroatoms. The summed E-state index contributed by atoms with van der Waals surface area (Å²) in [6, 6.07) is 19.1. The van der Waals surface area contributed by atoms with E-state index in [1.807, 2.05) is 30.3 Å². The zero-order valence-corrected chi connectivity index (χ0v) is 16.7. The number of rotatable bonds is 3. The van der Waals surface area contributed by atoms with Crippen molar-refractivity contribution in [2.75, 3.05) is 0 Å². The number of hydrogen-bond acceptors (Lipinski definition) is 2. The van der Waals surface area contributed by atoms with Crippen molar-refractivity contribution in [2.45, 2.75) is 37.8 Å². The Morgan fingerprint density at radius 1 is 1.03 bits per heavy atom. The molecule has 3 aromatic rings. The van der Waals surface area contributed by atoms with Gasteiger partial charge in [0.1, 0.15) is 5.82 Å². The van der Waals surface area contributed by atoms with Crippen molar-refractivity contribution in [3.8, 4) is 11.1 Å². The molecular formula is C26H23FN2O. The van der Waals surface area contributed by atoms with E-state index < -0.39 is 0 Å². The van der Waals surface area contributed by atoms with Crippen LogP contribution >= 0.6 is 0 Å². The van der Waals surface area contributed by atoms with E-state index in [-0.39, 0.29) is 23.7 Å². The van der Waals surface area contributed by atoms with E-state index in [0.29, 0.717) is 13.0 Å². The number of hydrogen-bond donors (Lipinski definition) is 0. The average Bonchev–Trinajstić information content (AvgIpc) is 2.78. The third kappa shape index (κ3) is 3.54. The van der Waals surface area contributed by atoms with E-state index in [2.05, 4.69) is 34.2 Å². The van der Waals surface area contributed by atoms with Gasteiger partial charge in [0.15, 0.2) is 0 Å². The molecule has 1 saturated heterocycles. The van der Waals surface area contributed by atoms with Gasteiger partial charge in [0, 0.05) is 36.7 Å². The van der Waals surface area contributed by atoms with Crippen LogP contribution in [0, 0.1) is 5.82 Å². The van der Waals surface area contributed by atoms with Crippen molar-refractivity contribution < 1.29 is 9.18 Å². The number of aromatic nitrogens is 1. The summed E-state index contributed by atoms with van der Waals surface area (Å²) >= 11 is 0. The summed E-state index contributed by atoms with van der Waals surface area (Å²) in [5, 5.41) is 0. The first-order valence-corrected chi connectivity index (χ1v) is 10.5. The molecule has 5 rings (SSSR count). The molecule has 0 N–H and O–H groups in total. The highest BCUT2D eigenvalue weighted by Gasteiger charge is 2.38. The Labute approximate surface area is 175 Å². The van der Waals surface area contributed by atoms with Crippen molar-refractivity contribution in [3.63, 3.8) is 0 Å². The molecule has 0 spiro atoms. The van der Waals surface area contributed by atoms with Crippen LogP contribution in [0.3, 0.4) is 0 Å². The van der Waals surface area contributed by atoms with Gasteiger partial charge in [-0.1, -0.05) is 48.5 Å². The molecule has 3 heterocycles. The van der Waals surface area contributed by atoms with E-state index in [1.165, 1.54) is 23.3 Å². The molecule has 30 heavy (non-hydrogen) atoms. The number of carbonyl (C=O) groups is 1. The summed E-state index contributed by atoms with van der Waals surface area (Å²) in [4.78, 5) is 19.1. The number of halogens is 1. The Bertz CT molecular complexity index is 1110. The molecule has 2 aliphatic rings. The first kappa shape index (κ1) is 18.7. The van der Waals surface area contributed by atoms with E-state index in [4.69, 9.17) is 0 Å². The third-order valence-electron chi connectivity index (χ3n) is 6.20. The average molecular weight is 398 g/mol. The Morgan fingerprint density at radius 2 is 1.93 bits per heavy atom. The molecule has 0 aliphatic carbocycles. The maximum atomic E-state index is 13.5. The lowest BCUT2D eigenvalue weighted by molar-refractivity contribution is -0.138. The van der Waals surface area contributed by atoms with Crippen molar-refractivity contribution in [2.24, 2.45) is 0 Å². The van der Waals surface area contributed by atoms with Crippen molar-refractivity contribution in [1.82, 2.24) is 9.88 Å². The molecule has 1 unspecified atom stereocenters. The zero-order chi connectivity index (χ0) is 20.5. The maximum Gasteiger partial charge on any atom is 0.223 e. The minimum Gasteiger partial charge on any atom is -0.334 e. The molecule has 2 aliphatic heterocycles. The minimum absolute atomic E-state index is 0.170. The Kier molecular flexibility index (Phi) is 4.91. The number of fused-ring (bicyclic) bond motifs is 2. The van der Waals surface area contributed by atoms with Gasteiger partial charge in [0.05, 0.1) is 5.69 Å². The smallest absolute Gasteiger partial charge is 0.223 e. The van der Waals surface area contributed by atoms with E-state index in [9.17, 15) is 9.18 Å². The molecule has 1 aromatic heterocycles. The normalized spacial score (nSPS) is 20.8. The van der Waals surface area contributed by atoms with Gasteiger partial charge in [0.2, 0.25) is 5.91 Å². The molecule has 3 nitrogen and oxygen atoms in total. The molecule has 0 bridgehead atoms. The summed E-state index contributed by atoms with van der Waals surface area (Å²) in [6.07, 6.45) is 8.64. The standard InChI is InChI=1S/C26H23FN2O/c27-21-7-3-6-18(15-21)19-11-12-22(28-16-19)13-14-24-23-8-2-1-5-20(23)17-29-25(24)9-4-10-26(29)30/h1-3,5-8,11-16,24-25H,4,9-10,17H2/b14-13+/t24?,25-/m1/s1. The SMILES string of the molecule is O=C1CCC[C@@H]2C(/C=C/c3ccc(-c4cccc(F)c4)cn3)c3ccccc3CN12. The van der Waals surface area contributed by atoms with Crippen molar-refractivity contribution in [1.29, 1.82) is 0 Å².